The number of halogens is 2. The van der Waals surface area contributed by atoms with Crippen LogP contribution < -0.4 is 14.8 Å². The lowest BCUT2D eigenvalue weighted by Gasteiger charge is -2.28. The molecule has 0 saturated carbocycles. The first-order chi connectivity index (χ1) is 17.7. The predicted molar refractivity (Wildman–Crippen MR) is 132 cm³/mol. The van der Waals surface area contributed by atoms with Crippen molar-refractivity contribution in [3.8, 4) is 11.5 Å². The van der Waals surface area contributed by atoms with Gasteiger partial charge in [0.1, 0.15) is 29.7 Å². The fraction of sp³-hybridized carbons (Fsp3) is 0.333. The van der Waals surface area contributed by atoms with Gasteiger partial charge in [0, 0.05) is 19.2 Å². The Morgan fingerprint density at radius 1 is 0.973 bits per heavy atom. The summed E-state index contributed by atoms with van der Waals surface area (Å²) in [4.78, 5) is 29.5. The Hall–Kier alpha value is -4.08. The van der Waals surface area contributed by atoms with Gasteiger partial charge in [0.25, 0.3) is 0 Å². The van der Waals surface area contributed by atoms with Gasteiger partial charge in [-0.25, -0.2) is 13.6 Å². The molecule has 2 aromatic carbocycles. The molecule has 196 valence electrons. The van der Waals surface area contributed by atoms with Crippen molar-refractivity contribution in [2.75, 3.05) is 25.2 Å². The number of hydrogen-bond donors (Lipinski definition) is 1. The number of hydrogen-bond acceptors (Lipinski definition) is 5. The van der Waals surface area contributed by atoms with Gasteiger partial charge >= 0.3 is 6.03 Å². The molecule has 0 saturated heterocycles. The average molecular weight is 514 g/mol. The van der Waals surface area contributed by atoms with E-state index in [0.29, 0.717) is 29.1 Å². The Bertz CT molecular complexity index is 1280. The molecule has 0 unspecified atom stereocenters. The minimum Gasteiger partial charge on any atom is -0.464 e. The number of carbonyl (C=O) groups is 2. The fourth-order valence-electron chi connectivity index (χ4n) is 3.96. The van der Waals surface area contributed by atoms with Crippen LogP contribution in [0.5, 0.6) is 11.5 Å². The molecule has 0 bridgehead atoms. The highest BCUT2D eigenvalue weighted by Gasteiger charge is 2.25. The number of ether oxygens (including phenoxy) is 2. The topological polar surface area (TPSA) is 84.2 Å². The first-order valence-corrected chi connectivity index (χ1v) is 11.9. The SMILES string of the molecule is Cc1ccc(CN(Cc2ccc3c(c2)OCO3)C(=O)CN(CC(C)C)C(=O)Nc2ccc(F)cc2F)o1. The summed E-state index contributed by atoms with van der Waals surface area (Å²) in [6.07, 6.45) is 0. The summed E-state index contributed by atoms with van der Waals surface area (Å²) in [5.74, 6) is 0.594. The first-order valence-electron chi connectivity index (χ1n) is 11.9. The highest BCUT2D eigenvalue weighted by molar-refractivity contribution is 5.92. The monoisotopic (exact) mass is 513 g/mol. The lowest BCUT2D eigenvalue weighted by atomic mass is 10.1. The maximum Gasteiger partial charge on any atom is 0.322 e. The van der Waals surface area contributed by atoms with Gasteiger partial charge in [0.15, 0.2) is 11.5 Å². The lowest BCUT2D eigenvalue weighted by molar-refractivity contribution is -0.133. The van der Waals surface area contributed by atoms with Crippen LogP contribution in [0.3, 0.4) is 0 Å². The maximum atomic E-state index is 14.1. The van der Waals surface area contributed by atoms with Crippen LogP contribution in [-0.4, -0.2) is 41.6 Å². The normalized spacial score (nSPS) is 12.1. The first kappa shape index (κ1) is 26.0. The van der Waals surface area contributed by atoms with Crippen molar-refractivity contribution in [3.05, 3.63) is 77.2 Å². The molecule has 0 atom stereocenters. The second-order valence-corrected chi connectivity index (χ2v) is 9.28. The van der Waals surface area contributed by atoms with Crippen LogP contribution in [0.4, 0.5) is 19.3 Å². The van der Waals surface area contributed by atoms with Crippen LogP contribution in [-0.2, 0) is 17.9 Å². The highest BCUT2D eigenvalue weighted by atomic mass is 19.1. The van der Waals surface area contributed by atoms with Gasteiger partial charge in [0.2, 0.25) is 12.7 Å². The summed E-state index contributed by atoms with van der Waals surface area (Å²) in [5.41, 5.74) is 0.644. The molecule has 1 aromatic heterocycles. The van der Waals surface area contributed by atoms with Crippen molar-refractivity contribution in [1.29, 1.82) is 0 Å². The zero-order valence-electron chi connectivity index (χ0n) is 20.9. The van der Waals surface area contributed by atoms with Crippen LogP contribution in [0.1, 0.15) is 30.9 Å². The number of amides is 3. The number of nitrogens with one attached hydrogen (secondary N) is 1. The minimum absolute atomic E-state index is 0.0339. The van der Waals surface area contributed by atoms with Crippen molar-refractivity contribution in [2.24, 2.45) is 5.92 Å². The highest BCUT2D eigenvalue weighted by Crippen LogP contribution is 2.33. The molecule has 0 aliphatic carbocycles. The van der Waals surface area contributed by atoms with E-state index < -0.39 is 17.7 Å². The van der Waals surface area contributed by atoms with E-state index in [2.05, 4.69) is 5.32 Å². The third kappa shape index (κ3) is 6.78. The summed E-state index contributed by atoms with van der Waals surface area (Å²) < 4.78 is 43.9. The van der Waals surface area contributed by atoms with E-state index in [9.17, 15) is 18.4 Å². The van der Waals surface area contributed by atoms with Crippen LogP contribution in [0, 0.1) is 24.5 Å². The Morgan fingerprint density at radius 2 is 1.76 bits per heavy atom. The Morgan fingerprint density at radius 3 is 2.46 bits per heavy atom. The maximum absolute atomic E-state index is 14.1. The smallest absolute Gasteiger partial charge is 0.322 e. The zero-order chi connectivity index (χ0) is 26.5. The molecular formula is C27H29F2N3O5. The molecule has 1 N–H and O–H groups in total. The Kier molecular flexibility index (Phi) is 7.95. The van der Waals surface area contributed by atoms with Crippen LogP contribution in [0.25, 0.3) is 0 Å². The van der Waals surface area contributed by atoms with Gasteiger partial charge in [-0.15, -0.1) is 0 Å². The molecule has 8 nitrogen and oxygen atoms in total. The molecule has 3 aromatic rings. The number of fused-ring (bicyclic) bond motifs is 1. The molecule has 0 spiro atoms. The standard InChI is InChI=1S/C27H29F2N3O5/c1-17(2)12-32(27(34)30-23-8-6-20(28)11-22(23)29)15-26(33)31(14-21-7-4-18(3)37-21)13-19-5-9-24-25(10-19)36-16-35-24/h4-11,17H,12-16H2,1-3H3,(H,30,34). The molecule has 2 heterocycles. The van der Waals surface area contributed by atoms with Gasteiger partial charge < -0.3 is 29.0 Å². The molecule has 1 aliphatic heterocycles. The van der Waals surface area contributed by atoms with E-state index in [0.717, 1.165) is 17.7 Å². The minimum atomic E-state index is -0.901. The fourth-order valence-corrected chi connectivity index (χ4v) is 3.96. The van der Waals surface area contributed by atoms with Crippen LogP contribution >= 0.6 is 0 Å². The Labute approximate surface area is 213 Å². The van der Waals surface area contributed by atoms with E-state index >= 15 is 0 Å². The average Bonchev–Trinajstić information content (AvgIpc) is 3.47. The number of benzene rings is 2. The van der Waals surface area contributed by atoms with Gasteiger partial charge in [0.05, 0.1) is 12.2 Å². The molecule has 0 radical (unpaired) electrons. The van der Waals surface area contributed by atoms with Gasteiger partial charge in [-0.1, -0.05) is 19.9 Å². The molecule has 3 amide bonds. The summed E-state index contributed by atoms with van der Waals surface area (Å²) in [7, 11) is 0. The quantitative estimate of drug-likeness (QED) is 0.419. The molecular weight excluding hydrogens is 484 g/mol. The van der Waals surface area contributed by atoms with E-state index in [1.807, 2.05) is 39.0 Å². The molecule has 4 rings (SSSR count). The number of rotatable bonds is 9. The summed E-state index contributed by atoms with van der Waals surface area (Å²) >= 11 is 0. The van der Waals surface area contributed by atoms with Crippen molar-refractivity contribution in [2.45, 2.75) is 33.9 Å². The lowest BCUT2D eigenvalue weighted by Crippen LogP contribution is -2.45. The van der Waals surface area contributed by atoms with E-state index in [4.69, 9.17) is 13.9 Å². The number of aryl methyl sites for hydroxylation is 1. The third-order valence-corrected chi connectivity index (χ3v) is 5.68. The second-order valence-electron chi connectivity index (χ2n) is 9.28. The molecule has 1 aliphatic rings. The van der Waals surface area contributed by atoms with Gasteiger partial charge in [-0.3, -0.25) is 4.79 Å². The summed E-state index contributed by atoms with van der Waals surface area (Å²) in [5, 5.41) is 2.44. The van der Waals surface area contributed by atoms with Crippen molar-refractivity contribution >= 4 is 17.6 Å². The summed E-state index contributed by atoms with van der Waals surface area (Å²) in [6, 6.07) is 11.3. The van der Waals surface area contributed by atoms with E-state index in [-0.39, 0.29) is 50.5 Å². The molecule has 10 heteroatoms. The van der Waals surface area contributed by atoms with Crippen molar-refractivity contribution < 1.29 is 32.3 Å². The van der Waals surface area contributed by atoms with Crippen molar-refractivity contribution in [1.82, 2.24) is 9.80 Å². The van der Waals surface area contributed by atoms with Crippen LogP contribution in [0.2, 0.25) is 0 Å². The van der Waals surface area contributed by atoms with E-state index in [1.54, 1.807) is 17.0 Å². The number of urea groups is 1. The van der Waals surface area contributed by atoms with Gasteiger partial charge in [-0.05, 0) is 54.8 Å². The molecule has 0 fully saturated rings. The van der Waals surface area contributed by atoms with Gasteiger partial charge in [-0.2, -0.15) is 0 Å². The zero-order valence-corrected chi connectivity index (χ0v) is 20.9. The van der Waals surface area contributed by atoms with Crippen molar-refractivity contribution in [3.63, 3.8) is 0 Å². The molecule has 37 heavy (non-hydrogen) atoms. The number of nitrogens with zero attached hydrogens (tertiary/aromatic N) is 2. The van der Waals surface area contributed by atoms with Crippen LogP contribution in [0.15, 0.2) is 52.9 Å². The third-order valence-electron chi connectivity index (χ3n) is 5.68. The number of anilines is 1. The number of carbonyl (C=O) groups excluding carboxylic acids is 2. The van der Waals surface area contributed by atoms with E-state index in [1.165, 1.54) is 4.90 Å². The Balaban J connectivity index is 1.53. The number of furan rings is 1. The predicted octanol–water partition coefficient (Wildman–Crippen LogP) is 5.31. The second kappa shape index (κ2) is 11.3. The largest absolute Gasteiger partial charge is 0.464 e. The summed E-state index contributed by atoms with van der Waals surface area (Å²) in [6.45, 7) is 6.18.